The Labute approximate surface area is 148 Å². The van der Waals surface area contributed by atoms with Gasteiger partial charge in [-0.25, -0.2) is 8.42 Å². The summed E-state index contributed by atoms with van der Waals surface area (Å²) in [5.74, 6) is -0.113. The number of rotatable bonds is 3. The summed E-state index contributed by atoms with van der Waals surface area (Å²) in [7, 11) is -3.39. The molecule has 0 radical (unpaired) electrons. The number of carbonyl (C=O) groups excluding carboxylic acids is 1. The van der Waals surface area contributed by atoms with Gasteiger partial charge in [0.25, 0.3) is 5.91 Å². The first-order valence-corrected chi connectivity index (χ1v) is 10.1. The molecule has 2 aromatic carbocycles. The Morgan fingerprint density at radius 2 is 2.04 bits per heavy atom. The van der Waals surface area contributed by atoms with Crippen LogP contribution in [-0.4, -0.2) is 25.7 Å². The molecule has 0 heterocycles. The van der Waals surface area contributed by atoms with Gasteiger partial charge in [-0.05, 0) is 64.2 Å². The fourth-order valence-corrected chi connectivity index (χ4v) is 4.00. The number of fused-ring (bicyclic) bond motifs is 1. The van der Waals surface area contributed by atoms with Crippen LogP contribution in [0.1, 0.15) is 33.9 Å². The predicted molar refractivity (Wildman–Crippen MR) is 93.9 cm³/mol. The zero-order valence-corrected chi connectivity index (χ0v) is 15.3. The van der Waals surface area contributed by atoms with Crippen LogP contribution in [0.4, 0.5) is 0 Å². The number of nitrogens with one attached hydrogen (secondary N) is 1. The van der Waals surface area contributed by atoms with E-state index in [1.807, 2.05) is 6.07 Å². The van der Waals surface area contributed by atoms with E-state index in [4.69, 9.17) is 0 Å². The molecule has 0 fully saturated rings. The Hall–Kier alpha value is -1.86. The van der Waals surface area contributed by atoms with E-state index in [2.05, 4.69) is 21.2 Å². The van der Waals surface area contributed by atoms with E-state index in [1.54, 1.807) is 18.2 Å². The molecule has 0 aromatic heterocycles. The van der Waals surface area contributed by atoms with Crippen LogP contribution in [0.2, 0.25) is 0 Å². The van der Waals surface area contributed by atoms with Gasteiger partial charge in [0.2, 0.25) is 0 Å². The number of sulfone groups is 1. The van der Waals surface area contributed by atoms with E-state index >= 15 is 0 Å². The van der Waals surface area contributed by atoms with Crippen molar-refractivity contribution in [1.82, 2.24) is 5.32 Å². The number of halogens is 1. The number of hydrogen-bond acceptors (Lipinski definition) is 4. The Balaban J connectivity index is 1.89. The fourth-order valence-electron chi connectivity index (χ4n) is 2.93. The molecular weight excluding hydrogens is 394 g/mol. The van der Waals surface area contributed by atoms with Crippen LogP contribution in [0, 0.1) is 0 Å². The molecule has 3 rings (SSSR count). The fraction of sp³-hybridized carbons (Fsp3) is 0.235. The van der Waals surface area contributed by atoms with Crippen molar-refractivity contribution in [2.45, 2.75) is 23.8 Å². The first-order chi connectivity index (χ1) is 11.3. The Morgan fingerprint density at radius 3 is 2.75 bits per heavy atom. The van der Waals surface area contributed by atoms with Gasteiger partial charge in [-0.1, -0.05) is 12.1 Å². The highest BCUT2D eigenvalue weighted by Gasteiger charge is 2.27. The van der Waals surface area contributed by atoms with E-state index in [9.17, 15) is 18.3 Å². The molecule has 126 valence electrons. The third kappa shape index (κ3) is 3.18. The summed E-state index contributed by atoms with van der Waals surface area (Å²) in [6.07, 6.45) is 2.49. The quantitative estimate of drug-likeness (QED) is 0.815. The number of aromatic hydroxyl groups is 1. The second kappa shape index (κ2) is 6.22. The van der Waals surface area contributed by atoms with E-state index < -0.39 is 9.84 Å². The van der Waals surface area contributed by atoms with Crippen LogP contribution >= 0.6 is 15.9 Å². The number of benzene rings is 2. The van der Waals surface area contributed by atoms with Gasteiger partial charge in [0.05, 0.1) is 16.5 Å². The van der Waals surface area contributed by atoms with Gasteiger partial charge < -0.3 is 10.4 Å². The molecule has 2 N–H and O–H groups in total. The molecule has 7 heteroatoms. The van der Waals surface area contributed by atoms with Gasteiger partial charge in [-0.3, -0.25) is 4.79 Å². The van der Waals surface area contributed by atoms with Crippen molar-refractivity contribution in [3.05, 3.63) is 57.6 Å². The van der Waals surface area contributed by atoms with Gasteiger partial charge in [0, 0.05) is 10.7 Å². The van der Waals surface area contributed by atoms with Crippen LogP contribution in [0.25, 0.3) is 0 Å². The van der Waals surface area contributed by atoms with E-state index in [1.165, 1.54) is 12.1 Å². The number of amides is 1. The first-order valence-electron chi connectivity index (χ1n) is 7.38. The monoisotopic (exact) mass is 409 g/mol. The van der Waals surface area contributed by atoms with Crippen LogP contribution in [0.15, 0.2) is 45.8 Å². The predicted octanol–water partition coefficient (Wildman–Crippen LogP) is 2.98. The van der Waals surface area contributed by atoms with E-state index in [-0.39, 0.29) is 28.2 Å². The maximum Gasteiger partial charge on any atom is 0.252 e. The summed E-state index contributed by atoms with van der Waals surface area (Å²) in [6, 6.07) is 9.45. The van der Waals surface area contributed by atoms with Gasteiger partial charge in [0.15, 0.2) is 9.84 Å². The van der Waals surface area contributed by atoms with Crippen molar-refractivity contribution < 1.29 is 18.3 Å². The highest BCUT2D eigenvalue weighted by molar-refractivity contribution is 9.10. The molecule has 1 amide bonds. The second-order valence-corrected chi connectivity index (χ2v) is 8.69. The zero-order chi connectivity index (χ0) is 17.5. The highest BCUT2D eigenvalue weighted by Crippen LogP contribution is 2.36. The van der Waals surface area contributed by atoms with Crippen LogP contribution in [0.3, 0.4) is 0 Å². The molecule has 0 saturated heterocycles. The minimum atomic E-state index is -3.39. The average molecular weight is 410 g/mol. The molecule has 1 aliphatic carbocycles. The van der Waals surface area contributed by atoms with Gasteiger partial charge in [-0.2, -0.15) is 0 Å². The number of hydrogen-bond donors (Lipinski definition) is 2. The minimum Gasteiger partial charge on any atom is -0.508 e. The molecule has 1 aliphatic rings. The van der Waals surface area contributed by atoms with Crippen molar-refractivity contribution in [3.8, 4) is 5.75 Å². The summed E-state index contributed by atoms with van der Waals surface area (Å²) in [5, 5.41) is 12.8. The maximum atomic E-state index is 12.6. The summed E-state index contributed by atoms with van der Waals surface area (Å²) in [5.41, 5.74) is 2.03. The van der Waals surface area contributed by atoms with Gasteiger partial charge in [0.1, 0.15) is 5.75 Å². The van der Waals surface area contributed by atoms with E-state index in [0.29, 0.717) is 17.3 Å². The molecule has 5 nitrogen and oxygen atoms in total. The summed E-state index contributed by atoms with van der Waals surface area (Å²) in [6.45, 7) is 0. The van der Waals surface area contributed by atoms with Gasteiger partial charge in [-0.15, -0.1) is 0 Å². The molecule has 0 aliphatic heterocycles. The van der Waals surface area contributed by atoms with Crippen molar-refractivity contribution in [2.75, 3.05) is 6.26 Å². The summed E-state index contributed by atoms with van der Waals surface area (Å²) in [4.78, 5) is 12.7. The lowest BCUT2D eigenvalue weighted by atomic mass is 10.1. The van der Waals surface area contributed by atoms with Crippen molar-refractivity contribution >= 4 is 31.7 Å². The summed E-state index contributed by atoms with van der Waals surface area (Å²) < 4.78 is 23.9. The minimum absolute atomic E-state index is 0.0975. The molecular formula is C17H16BrNO4S. The number of phenols is 1. The maximum absolute atomic E-state index is 12.6. The second-order valence-electron chi connectivity index (χ2n) is 5.82. The Bertz CT molecular complexity index is 924. The van der Waals surface area contributed by atoms with Gasteiger partial charge >= 0.3 is 0 Å². The molecule has 24 heavy (non-hydrogen) atoms. The molecule has 0 spiro atoms. The Kier molecular flexibility index (Phi) is 4.40. The lowest BCUT2D eigenvalue weighted by Crippen LogP contribution is -2.27. The van der Waals surface area contributed by atoms with Crippen molar-refractivity contribution in [3.63, 3.8) is 0 Å². The topological polar surface area (TPSA) is 83.5 Å². The van der Waals surface area contributed by atoms with Crippen LogP contribution < -0.4 is 5.32 Å². The van der Waals surface area contributed by atoms with Crippen molar-refractivity contribution in [1.29, 1.82) is 0 Å². The molecule has 0 saturated carbocycles. The normalized spacial score (nSPS) is 16.7. The molecule has 0 bridgehead atoms. The van der Waals surface area contributed by atoms with E-state index in [0.717, 1.165) is 17.4 Å². The lowest BCUT2D eigenvalue weighted by molar-refractivity contribution is 0.0935. The SMILES string of the molecule is CS(=O)(=O)c1ccc(Br)c(C(=O)NC2CCc3c(O)cccc32)c1. The smallest absolute Gasteiger partial charge is 0.252 e. The molecule has 2 aromatic rings. The standard InChI is InChI=1S/C17H16BrNO4S/c1-24(22,23)10-5-7-14(18)13(9-10)17(21)19-15-8-6-12-11(15)3-2-4-16(12)20/h2-5,7,9,15,20H,6,8H2,1H3,(H,19,21). The average Bonchev–Trinajstić information content (AvgIpc) is 2.91. The van der Waals surface area contributed by atoms with Crippen LogP contribution in [-0.2, 0) is 16.3 Å². The highest BCUT2D eigenvalue weighted by atomic mass is 79.9. The largest absolute Gasteiger partial charge is 0.508 e. The third-order valence-corrected chi connectivity index (χ3v) is 5.96. The number of carbonyl (C=O) groups is 1. The summed E-state index contributed by atoms with van der Waals surface area (Å²) >= 11 is 3.29. The first kappa shape index (κ1) is 17.0. The zero-order valence-electron chi connectivity index (χ0n) is 12.9. The third-order valence-electron chi connectivity index (χ3n) is 4.16. The molecule has 1 atom stereocenters. The molecule has 1 unspecified atom stereocenters. The lowest BCUT2D eigenvalue weighted by Gasteiger charge is -2.15. The Morgan fingerprint density at radius 1 is 1.29 bits per heavy atom. The van der Waals surface area contributed by atoms with Crippen molar-refractivity contribution in [2.24, 2.45) is 0 Å². The number of phenolic OH excluding ortho intramolecular Hbond substituents is 1. The van der Waals surface area contributed by atoms with Crippen LogP contribution in [0.5, 0.6) is 5.75 Å².